The molecule has 0 aromatic heterocycles. The van der Waals surface area contributed by atoms with Crippen LogP contribution in [0.15, 0.2) is 48.5 Å². The molecule has 6 nitrogen and oxygen atoms in total. The van der Waals surface area contributed by atoms with E-state index < -0.39 is 18.1 Å². The summed E-state index contributed by atoms with van der Waals surface area (Å²) in [6, 6.07) is 14.7. The summed E-state index contributed by atoms with van der Waals surface area (Å²) >= 11 is 0. The highest BCUT2D eigenvalue weighted by Gasteiger charge is 2.58. The van der Waals surface area contributed by atoms with Crippen LogP contribution in [-0.2, 0) is 21.5 Å². The molecule has 6 heteroatoms. The molecule has 1 aliphatic heterocycles. The minimum absolute atomic E-state index is 0.0134. The van der Waals surface area contributed by atoms with Crippen LogP contribution in [0.4, 0.5) is 0 Å². The monoisotopic (exact) mass is 576 g/mol. The standard InChI is InChI=1S/C36H52N2O4/c1-22-17-23(2)19-25(18-22)33(39)38-31(24-13-11-10-12-14-24)30(29(36(6,7)8)32(38)34(40)41)37-21-26-20-27(35(3,4)5)15-16-28(26)42-9/h10-16,20,22-23,25,29-32,37H,17-19,21H2,1-9H3,(H,40,41)/t22-,23+,25?,29-,30-,31-,32-/m0/s1. The number of ether oxygens (including phenoxy) is 1. The summed E-state index contributed by atoms with van der Waals surface area (Å²) in [5, 5.41) is 14.6. The van der Waals surface area contributed by atoms with Crippen molar-refractivity contribution in [3.05, 3.63) is 65.2 Å². The van der Waals surface area contributed by atoms with Gasteiger partial charge in [-0.25, -0.2) is 4.79 Å². The highest BCUT2D eigenvalue weighted by Crippen LogP contribution is 2.50. The Kier molecular flexibility index (Phi) is 9.46. The van der Waals surface area contributed by atoms with Crippen LogP contribution in [-0.4, -0.2) is 41.1 Å². The van der Waals surface area contributed by atoms with E-state index in [1.807, 2.05) is 36.4 Å². The molecule has 0 radical (unpaired) electrons. The predicted octanol–water partition coefficient (Wildman–Crippen LogP) is 7.22. The molecule has 4 rings (SSSR count). The summed E-state index contributed by atoms with van der Waals surface area (Å²) in [4.78, 5) is 29.5. The topological polar surface area (TPSA) is 78.9 Å². The van der Waals surface area contributed by atoms with E-state index in [1.165, 1.54) is 5.56 Å². The molecule has 1 heterocycles. The molecule has 2 N–H and O–H groups in total. The molecule has 230 valence electrons. The number of methoxy groups -OCH3 is 1. The van der Waals surface area contributed by atoms with E-state index in [4.69, 9.17) is 4.74 Å². The predicted molar refractivity (Wildman–Crippen MR) is 168 cm³/mol. The van der Waals surface area contributed by atoms with Gasteiger partial charge in [-0.3, -0.25) is 4.79 Å². The van der Waals surface area contributed by atoms with E-state index in [0.717, 1.165) is 36.1 Å². The minimum Gasteiger partial charge on any atom is -0.496 e. The minimum atomic E-state index is -0.935. The Labute approximate surface area is 253 Å². The number of amides is 1. The van der Waals surface area contributed by atoms with Gasteiger partial charge >= 0.3 is 5.97 Å². The van der Waals surface area contributed by atoms with Crippen LogP contribution in [0.5, 0.6) is 5.75 Å². The first-order chi connectivity index (χ1) is 19.6. The first-order valence-electron chi connectivity index (χ1n) is 15.6. The Morgan fingerprint density at radius 2 is 1.57 bits per heavy atom. The van der Waals surface area contributed by atoms with Gasteiger partial charge in [0, 0.05) is 30.0 Å². The number of nitrogens with one attached hydrogen (secondary N) is 1. The van der Waals surface area contributed by atoms with Gasteiger partial charge < -0.3 is 20.1 Å². The molecule has 42 heavy (non-hydrogen) atoms. The highest BCUT2D eigenvalue weighted by atomic mass is 16.5. The fourth-order valence-electron chi connectivity index (χ4n) is 7.70. The fourth-order valence-corrected chi connectivity index (χ4v) is 7.70. The zero-order valence-corrected chi connectivity index (χ0v) is 27.1. The molecule has 2 aliphatic rings. The van der Waals surface area contributed by atoms with Gasteiger partial charge in [0.25, 0.3) is 0 Å². The second-order valence-electron chi connectivity index (χ2n) is 15.1. The molecule has 2 aromatic carbocycles. The summed E-state index contributed by atoms with van der Waals surface area (Å²) < 4.78 is 5.75. The third-order valence-corrected chi connectivity index (χ3v) is 9.52. The van der Waals surface area contributed by atoms with Gasteiger partial charge in [-0.15, -0.1) is 0 Å². The first kappa shape index (κ1) is 32.1. The molecule has 0 spiro atoms. The number of rotatable bonds is 7. The maximum Gasteiger partial charge on any atom is 0.326 e. The quantitative estimate of drug-likeness (QED) is 0.364. The molecule has 2 fully saturated rings. The number of benzene rings is 2. The van der Waals surface area contributed by atoms with Gasteiger partial charge in [-0.2, -0.15) is 0 Å². The lowest BCUT2D eigenvalue weighted by Gasteiger charge is -2.38. The number of hydrogen-bond donors (Lipinski definition) is 2. The number of nitrogens with zero attached hydrogens (tertiary/aromatic N) is 1. The van der Waals surface area contributed by atoms with Crippen molar-refractivity contribution in [2.75, 3.05) is 7.11 Å². The SMILES string of the molecule is COc1ccc(C(C)(C)C)cc1CN[C@H]1[C@H](C(C)(C)C)[C@@H](C(=O)O)N(C(=O)C2C[C@@H](C)C[C@@H](C)C2)[C@H]1c1ccccc1. The smallest absolute Gasteiger partial charge is 0.326 e. The summed E-state index contributed by atoms with van der Waals surface area (Å²) in [6.07, 6.45) is 2.73. The molecule has 1 saturated carbocycles. The Hall–Kier alpha value is -2.86. The van der Waals surface area contributed by atoms with Gasteiger partial charge in [0.15, 0.2) is 0 Å². The van der Waals surface area contributed by atoms with Crippen LogP contribution < -0.4 is 10.1 Å². The lowest BCUT2D eigenvalue weighted by atomic mass is 9.72. The summed E-state index contributed by atoms with van der Waals surface area (Å²) in [5.41, 5.74) is 2.79. The lowest BCUT2D eigenvalue weighted by Crippen LogP contribution is -2.49. The maximum absolute atomic E-state index is 14.6. The van der Waals surface area contributed by atoms with Crippen molar-refractivity contribution < 1.29 is 19.4 Å². The lowest BCUT2D eigenvalue weighted by molar-refractivity contribution is -0.155. The summed E-state index contributed by atoms with van der Waals surface area (Å²) in [5.74, 6) is 0.250. The average Bonchev–Trinajstić information content (AvgIpc) is 3.26. The van der Waals surface area contributed by atoms with Gasteiger partial charge in [-0.05, 0) is 59.1 Å². The zero-order valence-electron chi connectivity index (χ0n) is 27.1. The van der Waals surface area contributed by atoms with Gasteiger partial charge in [-0.1, -0.05) is 97.9 Å². The summed E-state index contributed by atoms with van der Waals surface area (Å²) in [7, 11) is 1.68. The van der Waals surface area contributed by atoms with Crippen LogP contribution in [0.25, 0.3) is 0 Å². The van der Waals surface area contributed by atoms with Gasteiger partial charge in [0.1, 0.15) is 11.8 Å². The Bertz CT molecular complexity index is 1240. The van der Waals surface area contributed by atoms with Crippen LogP contribution in [0.1, 0.15) is 97.4 Å². The molecule has 1 aliphatic carbocycles. The van der Waals surface area contributed by atoms with Crippen LogP contribution in [0.3, 0.4) is 0 Å². The number of aliphatic carboxylic acids is 1. The normalized spacial score (nSPS) is 28.5. The van der Waals surface area contributed by atoms with E-state index in [1.54, 1.807) is 12.0 Å². The van der Waals surface area contributed by atoms with Crippen LogP contribution >= 0.6 is 0 Å². The molecule has 1 saturated heterocycles. The molecule has 1 unspecified atom stereocenters. The van der Waals surface area contributed by atoms with Crippen molar-refractivity contribution in [1.29, 1.82) is 0 Å². The largest absolute Gasteiger partial charge is 0.496 e. The summed E-state index contributed by atoms with van der Waals surface area (Å²) in [6.45, 7) is 17.8. The van der Waals surface area contributed by atoms with Crippen molar-refractivity contribution in [3.63, 3.8) is 0 Å². The van der Waals surface area contributed by atoms with Crippen LogP contribution in [0.2, 0.25) is 0 Å². The Balaban J connectivity index is 1.82. The second-order valence-corrected chi connectivity index (χ2v) is 15.1. The number of carboxylic acid groups (broad SMARTS) is 1. The Morgan fingerprint density at radius 3 is 2.10 bits per heavy atom. The fraction of sp³-hybridized carbons (Fsp3) is 0.611. The zero-order chi connectivity index (χ0) is 31.0. The molecule has 1 amide bonds. The van der Waals surface area contributed by atoms with E-state index in [-0.39, 0.29) is 34.6 Å². The second kappa shape index (κ2) is 12.4. The number of hydrogen-bond acceptors (Lipinski definition) is 4. The average molecular weight is 577 g/mol. The van der Waals surface area contributed by atoms with Gasteiger partial charge in [0.05, 0.1) is 13.2 Å². The highest BCUT2D eigenvalue weighted by molar-refractivity contribution is 5.87. The van der Waals surface area contributed by atoms with E-state index in [9.17, 15) is 14.7 Å². The maximum atomic E-state index is 14.6. The van der Waals surface area contributed by atoms with Gasteiger partial charge in [0.2, 0.25) is 5.91 Å². The van der Waals surface area contributed by atoms with E-state index in [2.05, 4.69) is 72.8 Å². The van der Waals surface area contributed by atoms with Crippen molar-refractivity contribution in [2.24, 2.45) is 29.1 Å². The van der Waals surface area contributed by atoms with Crippen molar-refractivity contribution in [1.82, 2.24) is 10.2 Å². The van der Waals surface area contributed by atoms with Crippen molar-refractivity contribution in [3.8, 4) is 5.75 Å². The molecule has 7 atom stereocenters. The number of carbonyl (C=O) groups is 2. The number of carbonyl (C=O) groups excluding carboxylic acids is 1. The number of carboxylic acids is 1. The Morgan fingerprint density at radius 1 is 0.952 bits per heavy atom. The molecular formula is C36H52N2O4. The molecular weight excluding hydrogens is 524 g/mol. The van der Waals surface area contributed by atoms with E-state index in [0.29, 0.717) is 18.4 Å². The van der Waals surface area contributed by atoms with Crippen molar-refractivity contribution >= 4 is 11.9 Å². The molecule has 0 bridgehead atoms. The van der Waals surface area contributed by atoms with Crippen LogP contribution in [0, 0.1) is 29.1 Å². The third kappa shape index (κ3) is 6.69. The number of likely N-dealkylation sites (tertiary alicyclic amines) is 1. The third-order valence-electron chi connectivity index (χ3n) is 9.52. The van der Waals surface area contributed by atoms with E-state index >= 15 is 0 Å². The van der Waals surface area contributed by atoms with Crippen molar-refractivity contribution in [2.45, 2.75) is 105 Å². The first-order valence-corrected chi connectivity index (χ1v) is 15.6. The molecule has 2 aromatic rings.